The van der Waals surface area contributed by atoms with Gasteiger partial charge in [-0.1, -0.05) is 42.7 Å². The van der Waals surface area contributed by atoms with Gasteiger partial charge in [-0.2, -0.15) is 0 Å². The van der Waals surface area contributed by atoms with Gasteiger partial charge in [-0.05, 0) is 59.1 Å². The largest absolute Gasteiger partial charge is 0.312 e. The highest BCUT2D eigenvalue weighted by Gasteiger charge is 2.13. The molecule has 0 aromatic heterocycles. The van der Waals surface area contributed by atoms with E-state index in [0.717, 1.165) is 12.5 Å². The van der Waals surface area contributed by atoms with Gasteiger partial charge in [0.15, 0.2) is 0 Å². The molecule has 1 heteroatoms. The van der Waals surface area contributed by atoms with Crippen molar-refractivity contribution < 1.29 is 0 Å². The molecule has 0 aliphatic rings. The number of rotatable bonds is 5. The van der Waals surface area contributed by atoms with Crippen LogP contribution in [0.2, 0.25) is 0 Å². The zero-order valence-corrected chi connectivity index (χ0v) is 12.9. The van der Waals surface area contributed by atoms with Crippen molar-refractivity contribution in [3.05, 3.63) is 34.9 Å². The third kappa shape index (κ3) is 5.68. The molecule has 0 bridgehead atoms. The molecule has 0 aliphatic carbocycles. The summed E-state index contributed by atoms with van der Waals surface area (Å²) in [5.74, 6) is 0.727. The summed E-state index contributed by atoms with van der Waals surface area (Å²) in [6.45, 7) is 14.5. The Labute approximate surface area is 113 Å². The maximum absolute atomic E-state index is 3.62. The molecule has 0 amide bonds. The van der Waals surface area contributed by atoms with E-state index in [1.165, 1.54) is 29.5 Å². The monoisotopic (exact) mass is 247 g/mol. The highest BCUT2D eigenvalue weighted by Crippen LogP contribution is 2.16. The van der Waals surface area contributed by atoms with Gasteiger partial charge in [0.1, 0.15) is 0 Å². The van der Waals surface area contributed by atoms with Crippen LogP contribution in [0.15, 0.2) is 18.2 Å². The Balaban J connectivity index is 2.62. The molecule has 1 unspecified atom stereocenters. The minimum absolute atomic E-state index is 0.218. The molecule has 1 N–H and O–H groups in total. The van der Waals surface area contributed by atoms with Crippen molar-refractivity contribution in [3.63, 3.8) is 0 Å². The average molecular weight is 247 g/mol. The van der Waals surface area contributed by atoms with Crippen LogP contribution in [-0.4, -0.2) is 12.1 Å². The number of nitrogens with one attached hydrogen (secondary N) is 1. The molecular formula is C17H29N. The minimum atomic E-state index is 0.218. The standard InChI is InChI=1S/C17H29N/c1-7-15(12-18-17(4,5)6)11-16-9-13(2)8-14(3)10-16/h8-10,15,18H,7,11-12H2,1-6H3. The van der Waals surface area contributed by atoms with Crippen LogP contribution in [0.4, 0.5) is 0 Å². The van der Waals surface area contributed by atoms with E-state index in [4.69, 9.17) is 0 Å². The SMILES string of the molecule is CCC(CNC(C)(C)C)Cc1cc(C)cc(C)c1. The van der Waals surface area contributed by atoms with Crippen molar-refractivity contribution in [2.45, 2.75) is 59.9 Å². The second-order valence-electron chi connectivity index (χ2n) is 6.61. The van der Waals surface area contributed by atoms with Crippen molar-refractivity contribution in [1.82, 2.24) is 5.32 Å². The van der Waals surface area contributed by atoms with Crippen molar-refractivity contribution >= 4 is 0 Å². The molecule has 1 aromatic rings. The average Bonchev–Trinajstić information content (AvgIpc) is 2.21. The first-order chi connectivity index (χ1) is 8.30. The van der Waals surface area contributed by atoms with Crippen LogP contribution >= 0.6 is 0 Å². The van der Waals surface area contributed by atoms with E-state index < -0.39 is 0 Å². The number of hydrogen-bond acceptors (Lipinski definition) is 1. The number of hydrogen-bond donors (Lipinski definition) is 1. The Morgan fingerprint density at radius 2 is 1.61 bits per heavy atom. The van der Waals surface area contributed by atoms with Crippen LogP contribution in [0.1, 0.15) is 50.8 Å². The first kappa shape index (κ1) is 15.2. The van der Waals surface area contributed by atoms with Gasteiger partial charge in [0.25, 0.3) is 0 Å². The Kier molecular flexibility index (Phi) is 5.40. The van der Waals surface area contributed by atoms with Gasteiger partial charge in [-0.15, -0.1) is 0 Å². The van der Waals surface area contributed by atoms with E-state index >= 15 is 0 Å². The topological polar surface area (TPSA) is 12.0 Å². The molecule has 0 spiro atoms. The molecule has 1 atom stereocenters. The van der Waals surface area contributed by atoms with E-state index in [9.17, 15) is 0 Å². The summed E-state index contributed by atoms with van der Waals surface area (Å²) >= 11 is 0. The molecule has 0 fully saturated rings. The lowest BCUT2D eigenvalue weighted by molar-refractivity contribution is 0.363. The Morgan fingerprint density at radius 1 is 1.06 bits per heavy atom. The fourth-order valence-electron chi connectivity index (χ4n) is 2.33. The predicted octanol–water partition coefficient (Wildman–Crippen LogP) is 4.26. The van der Waals surface area contributed by atoms with Crippen LogP contribution < -0.4 is 5.32 Å². The first-order valence-electron chi connectivity index (χ1n) is 7.12. The maximum atomic E-state index is 3.62. The van der Waals surface area contributed by atoms with Crippen LogP contribution in [0, 0.1) is 19.8 Å². The normalized spacial score (nSPS) is 13.7. The van der Waals surface area contributed by atoms with Gasteiger partial charge < -0.3 is 5.32 Å². The van der Waals surface area contributed by atoms with Gasteiger partial charge in [0.05, 0.1) is 0 Å². The lowest BCUT2D eigenvalue weighted by atomic mass is 9.94. The van der Waals surface area contributed by atoms with E-state index in [1.54, 1.807) is 0 Å². The van der Waals surface area contributed by atoms with Gasteiger partial charge in [0.2, 0.25) is 0 Å². The molecule has 0 saturated carbocycles. The molecular weight excluding hydrogens is 218 g/mol. The molecule has 18 heavy (non-hydrogen) atoms. The molecule has 1 nitrogen and oxygen atoms in total. The highest BCUT2D eigenvalue weighted by atomic mass is 14.9. The van der Waals surface area contributed by atoms with Gasteiger partial charge in [-0.3, -0.25) is 0 Å². The fourth-order valence-corrected chi connectivity index (χ4v) is 2.33. The van der Waals surface area contributed by atoms with E-state index in [2.05, 4.69) is 65.1 Å². The summed E-state index contributed by atoms with van der Waals surface area (Å²) in [4.78, 5) is 0. The van der Waals surface area contributed by atoms with E-state index in [-0.39, 0.29) is 5.54 Å². The number of benzene rings is 1. The quantitative estimate of drug-likeness (QED) is 0.819. The molecule has 102 valence electrons. The smallest absolute Gasteiger partial charge is 0.00966 e. The first-order valence-corrected chi connectivity index (χ1v) is 7.12. The fraction of sp³-hybridized carbons (Fsp3) is 0.647. The molecule has 0 saturated heterocycles. The van der Waals surface area contributed by atoms with E-state index in [0.29, 0.717) is 0 Å². The van der Waals surface area contributed by atoms with Gasteiger partial charge in [0, 0.05) is 5.54 Å². The third-order valence-corrected chi connectivity index (χ3v) is 3.30. The molecule has 0 heterocycles. The molecule has 1 aromatic carbocycles. The van der Waals surface area contributed by atoms with Crippen molar-refractivity contribution in [1.29, 1.82) is 0 Å². The zero-order chi connectivity index (χ0) is 13.8. The molecule has 1 rings (SSSR count). The van der Waals surface area contributed by atoms with E-state index in [1.807, 2.05) is 0 Å². The van der Waals surface area contributed by atoms with Gasteiger partial charge in [-0.25, -0.2) is 0 Å². The summed E-state index contributed by atoms with van der Waals surface area (Å²) in [5.41, 5.74) is 4.46. The zero-order valence-electron chi connectivity index (χ0n) is 12.9. The predicted molar refractivity (Wildman–Crippen MR) is 81.2 cm³/mol. The summed E-state index contributed by atoms with van der Waals surface area (Å²) < 4.78 is 0. The number of aryl methyl sites for hydroxylation is 2. The highest BCUT2D eigenvalue weighted by molar-refractivity contribution is 5.28. The van der Waals surface area contributed by atoms with Crippen molar-refractivity contribution in [3.8, 4) is 0 Å². The second kappa shape index (κ2) is 6.38. The van der Waals surface area contributed by atoms with Crippen LogP contribution in [0.3, 0.4) is 0 Å². The second-order valence-corrected chi connectivity index (χ2v) is 6.61. The Hall–Kier alpha value is -0.820. The molecule has 0 aliphatic heterocycles. The summed E-state index contributed by atoms with van der Waals surface area (Å²) in [6, 6.07) is 6.90. The van der Waals surface area contributed by atoms with Gasteiger partial charge >= 0.3 is 0 Å². The van der Waals surface area contributed by atoms with Crippen LogP contribution in [-0.2, 0) is 6.42 Å². The summed E-state index contributed by atoms with van der Waals surface area (Å²) in [7, 11) is 0. The summed E-state index contributed by atoms with van der Waals surface area (Å²) in [6.07, 6.45) is 2.41. The van der Waals surface area contributed by atoms with Crippen LogP contribution in [0.25, 0.3) is 0 Å². The van der Waals surface area contributed by atoms with Crippen molar-refractivity contribution in [2.75, 3.05) is 6.54 Å². The summed E-state index contributed by atoms with van der Waals surface area (Å²) in [5, 5.41) is 3.62. The minimum Gasteiger partial charge on any atom is -0.312 e. The lowest BCUT2D eigenvalue weighted by Crippen LogP contribution is -2.39. The Bertz CT molecular complexity index is 353. The van der Waals surface area contributed by atoms with Crippen molar-refractivity contribution in [2.24, 2.45) is 5.92 Å². The molecule has 0 radical (unpaired) electrons. The lowest BCUT2D eigenvalue weighted by Gasteiger charge is -2.25. The Morgan fingerprint density at radius 3 is 2.06 bits per heavy atom. The maximum Gasteiger partial charge on any atom is 0.00966 e. The third-order valence-electron chi connectivity index (χ3n) is 3.30. The van der Waals surface area contributed by atoms with Crippen LogP contribution in [0.5, 0.6) is 0 Å².